The van der Waals surface area contributed by atoms with Gasteiger partial charge in [0.1, 0.15) is 12.3 Å². The van der Waals surface area contributed by atoms with Gasteiger partial charge in [0.15, 0.2) is 10.6 Å². The van der Waals surface area contributed by atoms with Crippen LogP contribution in [0.25, 0.3) is 11.4 Å². The zero-order chi connectivity index (χ0) is 20.1. The summed E-state index contributed by atoms with van der Waals surface area (Å²) in [5, 5.41) is 7.69. The Balaban J connectivity index is 1.77. The Kier molecular flexibility index (Phi) is 6.49. The van der Waals surface area contributed by atoms with Gasteiger partial charge in [-0.2, -0.15) is 5.10 Å². The second-order valence-electron chi connectivity index (χ2n) is 6.24. The first kappa shape index (κ1) is 20.1. The van der Waals surface area contributed by atoms with Gasteiger partial charge in [0.05, 0.1) is 6.61 Å². The maximum Gasteiger partial charge on any atom is 0.242 e. The van der Waals surface area contributed by atoms with E-state index in [9.17, 15) is 4.79 Å². The van der Waals surface area contributed by atoms with Gasteiger partial charge in [-0.1, -0.05) is 29.8 Å². The Bertz CT molecular complexity index is 1010. The van der Waals surface area contributed by atoms with Crippen LogP contribution in [-0.4, -0.2) is 39.2 Å². The lowest BCUT2D eigenvalue weighted by molar-refractivity contribution is -0.131. The molecule has 0 saturated heterocycles. The van der Waals surface area contributed by atoms with Crippen molar-refractivity contribution in [2.24, 2.45) is 0 Å². The van der Waals surface area contributed by atoms with Gasteiger partial charge in [-0.25, -0.2) is 0 Å². The maximum atomic E-state index is 12.8. The molecule has 0 radical (unpaired) electrons. The van der Waals surface area contributed by atoms with E-state index in [1.807, 2.05) is 55.5 Å². The van der Waals surface area contributed by atoms with Gasteiger partial charge in [0.25, 0.3) is 0 Å². The van der Waals surface area contributed by atoms with Gasteiger partial charge in [-0.3, -0.25) is 14.5 Å². The summed E-state index contributed by atoms with van der Waals surface area (Å²) >= 11 is 11.5. The largest absolute Gasteiger partial charge is 0.494 e. The molecule has 0 unspecified atom stereocenters. The van der Waals surface area contributed by atoms with Crippen molar-refractivity contribution in [3.05, 3.63) is 63.9 Å². The maximum absolute atomic E-state index is 12.8. The Morgan fingerprint density at radius 1 is 1.25 bits per heavy atom. The minimum Gasteiger partial charge on any atom is -0.494 e. The van der Waals surface area contributed by atoms with Gasteiger partial charge >= 0.3 is 0 Å². The highest BCUT2D eigenvalue weighted by atomic mass is 35.5. The van der Waals surface area contributed by atoms with E-state index in [2.05, 4.69) is 10.2 Å². The minimum absolute atomic E-state index is 0.0822. The van der Waals surface area contributed by atoms with Crippen LogP contribution < -0.4 is 4.74 Å². The third-order valence-electron chi connectivity index (χ3n) is 4.27. The molecule has 1 N–H and O–H groups in total. The van der Waals surface area contributed by atoms with Crippen molar-refractivity contribution in [1.82, 2.24) is 19.7 Å². The number of H-pyrrole nitrogens is 1. The number of likely N-dealkylation sites (N-methyl/N-ethyl adjacent to an activating group) is 1. The highest BCUT2D eigenvalue weighted by Crippen LogP contribution is 2.22. The first-order valence-electron chi connectivity index (χ1n) is 8.85. The van der Waals surface area contributed by atoms with Gasteiger partial charge in [0.2, 0.25) is 5.91 Å². The molecule has 2 aromatic carbocycles. The van der Waals surface area contributed by atoms with Crippen molar-refractivity contribution >= 4 is 29.7 Å². The van der Waals surface area contributed by atoms with Crippen molar-refractivity contribution < 1.29 is 9.53 Å². The summed E-state index contributed by atoms with van der Waals surface area (Å²) in [5.74, 6) is 1.29. The number of hydrogen-bond donors (Lipinski definition) is 1. The fraction of sp³-hybridized carbons (Fsp3) is 0.250. The Morgan fingerprint density at radius 2 is 1.96 bits per heavy atom. The lowest BCUT2D eigenvalue weighted by Crippen LogP contribution is -2.30. The Morgan fingerprint density at radius 3 is 2.64 bits per heavy atom. The number of halogens is 1. The standard InChI is InChI=1S/C20H21ClN4O2S/c1-3-27-16-10-8-14(9-11-16)19-22-23-20(28)25(19)13-18(26)24(2)12-15-6-4-5-7-17(15)21/h4-11H,3,12-13H2,1-2H3,(H,23,28). The fourth-order valence-corrected chi connectivity index (χ4v) is 3.17. The van der Waals surface area contributed by atoms with Crippen LogP contribution in [0.4, 0.5) is 0 Å². The van der Waals surface area contributed by atoms with Gasteiger partial charge in [-0.15, -0.1) is 0 Å². The van der Waals surface area contributed by atoms with E-state index in [0.29, 0.717) is 28.8 Å². The molecule has 1 aromatic heterocycles. The number of carbonyl (C=O) groups excluding carboxylic acids is 1. The number of amides is 1. The van der Waals surface area contributed by atoms with E-state index >= 15 is 0 Å². The number of carbonyl (C=O) groups is 1. The van der Waals surface area contributed by atoms with E-state index in [4.69, 9.17) is 28.6 Å². The first-order valence-corrected chi connectivity index (χ1v) is 9.64. The molecule has 0 aliphatic rings. The zero-order valence-corrected chi connectivity index (χ0v) is 17.3. The van der Waals surface area contributed by atoms with Crippen LogP contribution in [0, 0.1) is 4.77 Å². The molecule has 0 atom stereocenters. The summed E-state index contributed by atoms with van der Waals surface area (Å²) in [7, 11) is 1.74. The van der Waals surface area contributed by atoms with Crippen molar-refractivity contribution in [3.8, 4) is 17.1 Å². The number of hydrogen-bond acceptors (Lipinski definition) is 4. The molecule has 0 bridgehead atoms. The monoisotopic (exact) mass is 416 g/mol. The first-order chi connectivity index (χ1) is 13.5. The van der Waals surface area contributed by atoms with Crippen LogP contribution in [0.5, 0.6) is 5.75 Å². The summed E-state index contributed by atoms with van der Waals surface area (Å²) < 4.78 is 7.55. The van der Waals surface area contributed by atoms with E-state index in [1.54, 1.807) is 16.5 Å². The summed E-state index contributed by atoms with van der Waals surface area (Å²) in [6.07, 6.45) is 0. The number of aromatic nitrogens is 3. The van der Waals surface area contributed by atoms with Gasteiger partial charge < -0.3 is 9.64 Å². The molecule has 0 aliphatic carbocycles. The number of aromatic amines is 1. The Labute approximate surface area is 173 Å². The molecular formula is C20H21ClN4O2S. The summed E-state index contributed by atoms with van der Waals surface area (Å²) in [6.45, 7) is 3.04. The molecule has 3 aromatic rings. The number of rotatable bonds is 7. The van der Waals surface area contributed by atoms with Crippen LogP contribution in [0.15, 0.2) is 48.5 Å². The molecular weight excluding hydrogens is 396 g/mol. The number of benzene rings is 2. The normalized spacial score (nSPS) is 10.7. The highest BCUT2D eigenvalue weighted by molar-refractivity contribution is 7.71. The van der Waals surface area contributed by atoms with Crippen molar-refractivity contribution in [3.63, 3.8) is 0 Å². The zero-order valence-electron chi connectivity index (χ0n) is 15.7. The van der Waals surface area contributed by atoms with E-state index < -0.39 is 0 Å². The van der Waals surface area contributed by atoms with E-state index in [-0.39, 0.29) is 12.5 Å². The second kappa shape index (κ2) is 9.03. The fourth-order valence-electron chi connectivity index (χ4n) is 2.78. The molecule has 28 heavy (non-hydrogen) atoms. The molecule has 3 rings (SSSR count). The van der Waals surface area contributed by atoms with E-state index in [0.717, 1.165) is 16.9 Å². The minimum atomic E-state index is -0.0930. The van der Waals surface area contributed by atoms with Crippen molar-refractivity contribution in [1.29, 1.82) is 0 Å². The molecule has 8 heteroatoms. The third kappa shape index (κ3) is 4.61. The third-order valence-corrected chi connectivity index (χ3v) is 4.95. The summed E-state index contributed by atoms with van der Waals surface area (Å²) in [5.41, 5.74) is 1.74. The lowest BCUT2D eigenvalue weighted by atomic mass is 10.2. The number of nitrogens with one attached hydrogen (secondary N) is 1. The molecule has 0 spiro atoms. The van der Waals surface area contributed by atoms with Crippen LogP contribution >= 0.6 is 23.8 Å². The average Bonchev–Trinajstić information content (AvgIpc) is 3.05. The Hall–Kier alpha value is -2.64. The summed E-state index contributed by atoms with van der Waals surface area (Å²) in [6, 6.07) is 15.0. The number of nitrogens with zero attached hydrogens (tertiary/aromatic N) is 3. The lowest BCUT2D eigenvalue weighted by Gasteiger charge is -2.19. The molecule has 1 heterocycles. The molecule has 0 saturated carbocycles. The van der Waals surface area contributed by atoms with Crippen LogP contribution in [0.2, 0.25) is 5.02 Å². The van der Waals surface area contributed by atoms with Crippen molar-refractivity contribution in [2.75, 3.05) is 13.7 Å². The predicted octanol–water partition coefficient (Wildman–Crippen LogP) is 4.32. The number of ether oxygens (including phenoxy) is 1. The van der Waals surface area contributed by atoms with Crippen LogP contribution in [0.3, 0.4) is 0 Å². The molecule has 0 fully saturated rings. The highest BCUT2D eigenvalue weighted by Gasteiger charge is 2.16. The van der Waals surface area contributed by atoms with Crippen molar-refractivity contribution in [2.45, 2.75) is 20.0 Å². The predicted molar refractivity (Wildman–Crippen MR) is 112 cm³/mol. The smallest absolute Gasteiger partial charge is 0.242 e. The molecule has 0 aliphatic heterocycles. The van der Waals surface area contributed by atoms with Gasteiger partial charge in [-0.05, 0) is 55.0 Å². The summed E-state index contributed by atoms with van der Waals surface area (Å²) in [4.78, 5) is 14.4. The average molecular weight is 417 g/mol. The topological polar surface area (TPSA) is 63.1 Å². The van der Waals surface area contributed by atoms with Gasteiger partial charge in [0, 0.05) is 24.2 Å². The van der Waals surface area contributed by atoms with Crippen LogP contribution in [0.1, 0.15) is 12.5 Å². The molecule has 6 nitrogen and oxygen atoms in total. The van der Waals surface area contributed by atoms with Crippen LogP contribution in [-0.2, 0) is 17.9 Å². The molecule has 146 valence electrons. The molecule has 1 amide bonds. The second-order valence-corrected chi connectivity index (χ2v) is 7.03. The quantitative estimate of drug-likeness (QED) is 0.582. The van der Waals surface area contributed by atoms with E-state index in [1.165, 1.54) is 0 Å². The SMILES string of the molecule is CCOc1ccc(-c2n[nH]c(=S)n2CC(=O)N(C)Cc2ccccc2Cl)cc1.